The number of hydrogen-bond acceptors (Lipinski definition) is 4. The fourth-order valence-corrected chi connectivity index (χ4v) is 2.97. The number of carbonyl (C=O) groups is 1. The van der Waals surface area contributed by atoms with E-state index in [-0.39, 0.29) is 18.2 Å². The molecule has 128 valence electrons. The van der Waals surface area contributed by atoms with Crippen LogP contribution in [-0.2, 0) is 4.79 Å². The lowest BCUT2D eigenvalue weighted by Crippen LogP contribution is -2.21. The van der Waals surface area contributed by atoms with Crippen molar-refractivity contribution in [2.24, 2.45) is 0 Å². The predicted octanol–water partition coefficient (Wildman–Crippen LogP) is 4.86. The Morgan fingerprint density at radius 2 is 2.04 bits per heavy atom. The van der Waals surface area contributed by atoms with Crippen molar-refractivity contribution in [3.63, 3.8) is 0 Å². The van der Waals surface area contributed by atoms with Gasteiger partial charge in [-0.3, -0.25) is 4.79 Å². The minimum Gasteiger partial charge on any atom is -0.467 e. The second kappa shape index (κ2) is 7.51. The van der Waals surface area contributed by atoms with Crippen LogP contribution in [0.1, 0.15) is 0 Å². The number of rotatable bonds is 4. The van der Waals surface area contributed by atoms with Gasteiger partial charge in [0, 0.05) is 9.50 Å². The van der Waals surface area contributed by atoms with Gasteiger partial charge in [0.25, 0.3) is 5.91 Å². The maximum absolute atomic E-state index is 13.7. The van der Waals surface area contributed by atoms with Crippen molar-refractivity contribution < 1.29 is 13.9 Å². The van der Waals surface area contributed by atoms with Gasteiger partial charge in [0.05, 0.1) is 21.6 Å². The van der Waals surface area contributed by atoms with Crippen molar-refractivity contribution in [2.45, 2.75) is 0 Å². The number of nitrogens with zero attached hydrogens (tertiary/aromatic N) is 2. The number of hydrogen-bond donors (Lipinski definition) is 1. The summed E-state index contributed by atoms with van der Waals surface area (Å²) in [4.78, 5) is 20.0. The van der Waals surface area contributed by atoms with E-state index in [2.05, 4.69) is 31.2 Å². The summed E-state index contributed by atoms with van der Waals surface area (Å²) in [6, 6.07) is 7.44. The van der Waals surface area contributed by atoms with Gasteiger partial charge in [0.2, 0.25) is 5.88 Å². The molecule has 0 radical (unpaired) electrons. The third-order valence-corrected chi connectivity index (χ3v) is 4.17. The van der Waals surface area contributed by atoms with E-state index in [1.54, 1.807) is 18.2 Å². The number of aromatic nitrogens is 2. The summed E-state index contributed by atoms with van der Waals surface area (Å²) in [5.74, 6) is -0.948. The summed E-state index contributed by atoms with van der Waals surface area (Å²) in [6.07, 6.45) is 1.27. The van der Waals surface area contributed by atoms with Crippen molar-refractivity contribution in [3.05, 3.63) is 57.0 Å². The van der Waals surface area contributed by atoms with E-state index < -0.39 is 11.7 Å². The Balaban J connectivity index is 1.75. The molecule has 0 aliphatic rings. The minimum absolute atomic E-state index is 0.0513. The molecule has 9 heteroatoms. The van der Waals surface area contributed by atoms with Gasteiger partial charge in [-0.2, -0.15) is 0 Å². The predicted molar refractivity (Wildman–Crippen MR) is 97.8 cm³/mol. The first-order valence-corrected chi connectivity index (χ1v) is 8.46. The fourth-order valence-electron chi connectivity index (χ4n) is 2.09. The van der Waals surface area contributed by atoms with E-state index >= 15 is 0 Å². The van der Waals surface area contributed by atoms with Gasteiger partial charge in [0.1, 0.15) is 12.1 Å². The highest BCUT2D eigenvalue weighted by atomic mass is 79.9. The number of anilines is 1. The molecular formula is C16H9BrCl2FN3O2. The molecule has 0 saturated carbocycles. The quantitative estimate of drug-likeness (QED) is 0.624. The zero-order valence-electron chi connectivity index (χ0n) is 12.4. The largest absolute Gasteiger partial charge is 0.467 e. The monoisotopic (exact) mass is 443 g/mol. The molecule has 0 fully saturated rings. The fraction of sp³-hybridized carbons (Fsp3) is 0.0625. The van der Waals surface area contributed by atoms with Crippen LogP contribution in [0.3, 0.4) is 0 Å². The van der Waals surface area contributed by atoms with E-state index in [0.717, 1.165) is 0 Å². The first-order chi connectivity index (χ1) is 11.9. The molecule has 0 aliphatic heterocycles. The minimum atomic E-state index is -0.561. The van der Waals surface area contributed by atoms with Crippen LogP contribution in [0.4, 0.5) is 10.1 Å². The summed E-state index contributed by atoms with van der Waals surface area (Å²) in [5, 5.41) is 3.63. The molecule has 0 atom stereocenters. The van der Waals surface area contributed by atoms with Crippen LogP contribution in [0.2, 0.25) is 10.0 Å². The number of carbonyl (C=O) groups excluding carboxylic acids is 1. The van der Waals surface area contributed by atoms with Crippen LogP contribution >= 0.6 is 39.1 Å². The van der Waals surface area contributed by atoms with E-state index in [4.69, 9.17) is 27.9 Å². The molecule has 3 rings (SSSR count). The molecule has 5 nitrogen and oxygen atoms in total. The molecule has 25 heavy (non-hydrogen) atoms. The van der Waals surface area contributed by atoms with Crippen LogP contribution in [0.25, 0.3) is 10.9 Å². The van der Waals surface area contributed by atoms with Gasteiger partial charge in [-0.05, 0) is 30.3 Å². The number of fused-ring (bicyclic) bond motifs is 1. The Kier molecular flexibility index (Phi) is 5.36. The summed E-state index contributed by atoms with van der Waals surface area (Å²) in [7, 11) is 0. The van der Waals surface area contributed by atoms with E-state index in [1.807, 2.05) is 0 Å². The smallest absolute Gasteiger partial charge is 0.262 e. The third kappa shape index (κ3) is 4.18. The zero-order chi connectivity index (χ0) is 18.0. The van der Waals surface area contributed by atoms with Crippen LogP contribution in [0, 0.1) is 5.82 Å². The van der Waals surface area contributed by atoms with Crippen molar-refractivity contribution in [3.8, 4) is 5.88 Å². The van der Waals surface area contributed by atoms with Gasteiger partial charge in [0.15, 0.2) is 6.61 Å². The first kappa shape index (κ1) is 17.8. The molecule has 0 spiro atoms. The van der Waals surface area contributed by atoms with Crippen LogP contribution in [0.5, 0.6) is 5.88 Å². The number of halogens is 4. The van der Waals surface area contributed by atoms with E-state index in [1.165, 1.54) is 18.5 Å². The number of amides is 1. The number of nitrogens with one attached hydrogen (secondary N) is 1. The highest BCUT2D eigenvalue weighted by Crippen LogP contribution is 2.30. The Bertz CT molecular complexity index is 972. The standard InChI is InChI=1S/C16H9BrCl2FN3O2/c17-8-1-2-13(12(20)3-8)23-14(24)6-25-16-10-4-9(18)5-11(19)15(10)21-7-22-16/h1-5,7H,6H2,(H,23,24). The lowest BCUT2D eigenvalue weighted by Gasteiger charge is -2.10. The van der Waals surface area contributed by atoms with Crippen LogP contribution in [-0.4, -0.2) is 22.5 Å². The molecular weight excluding hydrogens is 436 g/mol. The maximum atomic E-state index is 13.7. The molecule has 3 aromatic rings. The molecule has 0 bridgehead atoms. The second-order valence-electron chi connectivity index (χ2n) is 4.92. The summed E-state index contributed by atoms with van der Waals surface area (Å²) in [6.45, 7) is -0.369. The second-order valence-corrected chi connectivity index (χ2v) is 6.68. The molecule has 0 saturated heterocycles. The summed E-state index contributed by atoms with van der Waals surface area (Å²) < 4.78 is 19.7. The van der Waals surface area contributed by atoms with Crippen molar-refractivity contribution >= 4 is 61.6 Å². The lowest BCUT2D eigenvalue weighted by atomic mass is 10.2. The Labute approximate surface area is 160 Å². The molecule has 1 N–H and O–H groups in total. The average Bonchev–Trinajstić information content (AvgIpc) is 2.55. The van der Waals surface area contributed by atoms with Crippen LogP contribution in [0.15, 0.2) is 41.1 Å². The topological polar surface area (TPSA) is 64.1 Å². The first-order valence-electron chi connectivity index (χ1n) is 6.91. The van der Waals surface area contributed by atoms with Crippen molar-refractivity contribution in [1.29, 1.82) is 0 Å². The van der Waals surface area contributed by atoms with Crippen LogP contribution < -0.4 is 10.1 Å². The lowest BCUT2D eigenvalue weighted by molar-refractivity contribution is -0.118. The zero-order valence-corrected chi connectivity index (χ0v) is 15.5. The van der Waals surface area contributed by atoms with Gasteiger partial charge in [-0.15, -0.1) is 0 Å². The highest BCUT2D eigenvalue weighted by molar-refractivity contribution is 9.10. The van der Waals surface area contributed by atoms with Crippen molar-refractivity contribution in [2.75, 3.05) is 11.9 Å². The number of ether oxygens (including phenoxy) is 1. The molecule has 1 heterocycles. The summed E-state index contributed by atoms with van der Waals surface area (Å²) in [5.41, 5.74) is 0.505. The summed E-state index contributed by atoms with van der Waals surface area (Å²) >= 11 is 15.2. The van der Waals surface area contributed by atoms with E-state index in [9.17, 15) is 9.18 Å². The third-order valence-electron chi connectivity index (χ3n) is 3.17. The van der Waals surface area contributed by atoms with Gasteiger partial charge in [-0.1, -0.05) is 39.1 Å². The van der Waals surface area contributed by atoms with Crippen molar-refractivity contribution in [1.82, 2.24) is 9.97 Å². The average molecular weight is 445 g/mol. The van der Waals surface area contributed by atoms with Gasteiger partial charge in [-0.25, -0.2) is 14.4 Å². The van der Waals surface area contributed by atoms with Gasteiger partial charge < -0.3 is 10.1 Å². The Morgan fingerprint density at radius 3 is 2.80 bits per heavy atom. The SMILES string of the molecule is O=C(COc1ncnc2c(Cl)cc(Cl)cc12)Nc1ccc(Br)cc1F. The number of benzene rings is 2. The van der Waals surface area contributed by atoms with E-state index in [0.29, 0.717) is 25.4 Å². The Hall–Kier alpha value is -1.96. The molecule has 1 amide bonds. The molecule has 1 aromatic heterocycles. The molecule has 0 aliphatic carbocycles. The normalized spacial score (nSPS) is 10.7. The Morgan fingerprint density at radius 1 is 1.24 bits per heavy atom. The maximum Gasteiger partial charge on any atom is 0.262 e. The molecule has 2 aromatic carbocycles. The molecule has 0 unspecified atom stereocenters. The van der Waals surface area contributed by atoms with Gasteiger partial charge >= 0.3 is 0 Å². The highest BCUT2D eigenvalue weighted by Gasteiger charge is 2.12.